The third kappa shape index (κ3) is 3.21. The molecule has 148 valence electrons. The van der Waals surface area contributed by atoms with Crippen molar-refractivity contribution >= 4 is 55.4 Å². The van der Waals surface area contributed by atoms with Crippen molar-refractivity contribution in [3.05, 3.63) is 65.0 Å². The lowest BCUT2D eigenvalue weighted by molar-refractivity contribution is 0.0827. The molecule has 1 amide bonds. The minimum Gasteiger partial charge on any atom is -0.345 e. The molecule has 0 radical (unpaired) electrons. The average Bonchev–Trinajstić information content (AvgIpc) is 3.45. The number of thiophene rings is 1. The van der Waals surface area contributed by atoms with Crippen LogP contribution in [0.4, 0.5) is 11.5 Å². The summed E-state index contributed by atoms with van der Waals surface area (Å²) >= 11 is 1.68. The number of carbonyl (C=O) groups excluding carboxylic acids is 1. The third-order valence-corrected chi connectivity index (χ3v) is 5.90. The van der Waals surface area contributed by atoms with Gasteiger partial charge in [0.15, 0.2) is 0 Å². The number of fused-ring (bicyclic) bond motifs is 3. The van der Waals surface area contributed by atoms with E-state index in [-0.39, 0.29) is 5.91 Å². The predicted molar refractivity (Wildman–Crippen MR) is 121 cm³/mol. The molecule has 1 aliphatic rings. The Bertz CT molecular complexity index is 1350. The van der Waals surface area contributed by atoms with Gasteiger partial charge in [-0.25, -0.2) is 4.98 Å². The monoisotopic (exact) mass is 414 g/mol. The number of benzene rings is 2. The normalized spacial score (nSPS) is 13.1. The number of amides is 1. The molecule has 4 aromatic rings. The number of carbonyl (C=O) groups is 1. The highest BCUT2D eigenvalue weighted by molar-refractivity contribution is 7.18. The highest BCUT2D eigenvalue weighted by Gasteiger charge is 2.14. The van der Waals surface area contributed by atoms with Crippen molar-refractivity contribution in [3.8, 4) is 0 Å². The summed E-state index contributed by atoms with van der Waals surface area (Å²) in [5, 5.41) is 19.4. The van der Waals surface area contributed by atoms with Crippen LogP contribution in [0.15, 0.2) is 69.3 Å². The molecule has 3 heterocycles. The fraction of sp³-hybridized carbons (Fsp3) is 0.136. The number of nitrogens with one attached hydrogen (secondary N) is 1. The lowest BCUT2D eigenvalue weighted by atomic mass is 10.1. The van der Waals surface area contributed by atoms with Gasteiger partial charge < -0.3 is 10.2 Å². The van der Waals surface area contributed by atoms with Gasteiger partial charge >= 0.3 is 0 Å². The molecule has 0 saturated heterocycles. The van der Waals surface area contributed by atoms with Gasteiger partial charge in [0, 0.05) is 46.4 Å². The Kier molecular flexibility index (Phi) is 4.48. The Morgan fingerprint density at radius 1 is 1.10 bits per heavy atom. The van der Waals surface area contributed by atoms with Crippen LogP contribution in [0.25, 0.3) is 21.0 Å². The highest BCUT2D eigenvalue weighted by Crippen LogP contribution is 2.35. The number of nitrogens with zero attached hydrogens (tertiary/aromatic N) is 5. The van der Waals surface area contributed by atoms with Crippen LogP contribution in [0.3, 0.4) is 0 Å². The zero-order chi connectivity index (χ0) is 20.7. The summed E-state index contributed by atoms with van der Waals surface area (Å²) in [4.78, 5) is 18.8. The molecule has 0 atom stereocenters. The van der Waals surface area contributed by atoms with E-state index in [4.69, 9.17) is 4.98 Å². The topological polar surface area (TPSA) is 82.3 Å². The Labute approximate surface area is 176 Å². The molecular formula is C22H18N6OS. The third-order valence-electron chi connectivity index (χ3n) is 4.96. The van der Waals surface area contributed by atoms with Crippen LogP contribution in [0.2, 0.25) is 0 Å². The van der Waals surface area contributed by atoms with Gasteiger partial charge in [-0.05, 0) is 40.9 Å². The molecule has 0 aliphatic carbocycles. The largest absolute Gasteiger partial charge is 0.345 e. The van der Waals surface area contributed by atoms with Gasteiger partial charge in [0.05, 0.1) is 11.2 Å². The summed E-state index contributed by atoms with van der Waals surface area (Å²) in [6, 6.07) is 15.7. The molecule has 0 bridgehead atoms. The predicted octanol–water partition coefficient (Wildman–Crippen LogP) is 5.06. The Morgan fingerprint density at radius 2 is 2.00 bits per heavy atom. The van der Waals surface area contributed by atoms with Crippen molar-refractivity contribution in [1.82, 2.24) is 9.88 Å². The van der Waals surface area contributed by atoms with E-state index in [0.717, 1.165) is 43.8 Å². The van der Waals surface area contributed by atoms with Crippen LogP contribution in [-0.2, 0) is 0 Å². The molecule has 0 saturated carbocycles. The van der Waals surface area contributed by atoms with Gasteiger partial charge in [-0.1, -0.05) is 18.2 Å². The minimum atomic E-state index is -0.0383. The molecule has 1 aliphatic heterocycles. The molecule has 30 heavy (non-hydrogen) atoms. The molecule has 8 heteroatoms. The van der Waals surface area contributed by atoms with E-state index >= 15 is 0 Å². The zero-order valence-electron chi connectivity index (χ0n) is 16.5. The maximum absolute atomic E-state index is 12.3. The maximum Gasteiger partial charge on any atom is 0.253 e. The van der Waals surface area contributed by atoms with Crippen molar-refractivity contribution < 1.29 is 4.79 Å². The summed E-state index contributed by atoms with van der Waals surface area (Å²) < 4.78 is 1.16. The molecule has 0 fully saturated rings. The average molecular weight is 414 g/mol. The summed E-state index contributed by atoms with van der Waals surface area (Å²) in [6.07, 6.45) is 0. The Morgan fingerprint density at radius 3 is 2.80 bits per heavy atom. The molecule has 0 spiro atoms. The molecule has 5 rings (SSSR count). The number of hydrogen-bond donors (Lipinski definition) is 1. The molecule has 1 N–H and O–H groups in total. The van der Waals surface area contributed by atoms with Crippen LogP contribution in [-0.4, -0.2) is 42.1 Å². The van der Waals surface area contributed by atoms with Crippen LogP contribution in [0.5, 0.6) is 0 Å². The second kappa shape index (κ2) is 7.31. The van der Waals surface area contributed by atoms with Crippen molar-refractivity contribution in [2.24, 2.45) is 15.4 Å². The number of rotatable bonds is 4. The number of hydrogen-bond acceptors (Lipinski definition) is 7. The van der Waals surface area contributed by atoms with Crippen molar-refractivity contribution in [3.63, 3.8) is 0 Å². The summed E-state index contributed by atoms with van der Waals surface area (Å²) in [7, 11) is 3.49. The van der Waals surface area contributed by atoms with Crippen LogP contribution in [0.1, 0.15) is 15.9 Å². The smallest absolute Gasteiger partial charge is 0.253 e. The summed E-state index contributed by atoms with van der Waals surface area (Å²) in [5.74, 6) is 0.719. The van der Waals surface area contributed by atoms with Gasteiger partial charge in [0.2, 0.25) is 0 Å². The minimum absolute atomic E-state index is 0.0383. The van der Waals surface area contributed by atoms with E-state index < -0.39 is 0 Å². The van der Waals surface area contributed by atoms with E-state index in [1.165, 1.54) is 0 Å². The number of pyridine rings is 1. The van der Waals surface area contributed by atoms with Gasteiger partial charge in [-0.15, -0.1) is 16.4 Å². The quantitative estimate of drug-likeness (QED) is 0.506. The van der Waals surface area contributed by atoms with Gasteiger partial charge in [-0.2, -0.15) is 5.11 Å². The van der Waals surface area contributed by atoms with E-state index in [2.05, 4.69) is 38.3 Å². The first kappa shape index (κ1) is 18.4. The van der Waals surface area contributed by atoms with Gasteiger partial charge in [-0.3, -0.25) is 4.79 Å². The van der Waals surface area contributed by atoms with Gasteiger partial charge in [0.25, 0.3) is 5.91 Å². The second-order valence-corrected chi connectivity index (χ2v) is 8.11. The molecule has 2 aromatic carbocycles. The molecule has 7 nitrogen and oxygen atoms in total. The lowest BCUT2D eigenvalue weighted by Gasteiger charge is -2.13. The molecule has 2 aromatic heterocycles. The van der Waals surface area contributed by atoms with Gasteiger partial charge in [0.1, 0.15) is 12.4 Å². The fourth-order valence-corrected chi connectivity index (χ4v) is 4.40. The molecule has 0 unspecified atom stereocenters. The van der Waals surface area contributed by atoms with E-state index in [1.807, 2.05) is 36.4 Å². The van der Waals surface area contributed by atoms with E-state index in [1.54, 1.807) is 30.3 Å². The molecular weight excluding hydrogens is 396 g/mol. The van der Waals surface area contributed by atoms with Crippen molar-refractivity contribution in [1.29, 1.82) is 0 Å². The highest BCUT2D eigenvalue weighted by atomic mass is 32.1. The van der Waals surface area contributed by atoms with Crippen LogP contribution < -0.4 is 5.32 Å². The number of anilines is 2. The fourth-order valence-electron chi connectivity index (χ4n) is 3.47. The first-order valence-corrected chi connectivity index (χ1v) is 10.3. The zero-order valence-corrected chi connectivity index (χ0v) is 17.3. The van der Waals surface area contributed by atoms with Crippen LogP contribution >= 0.6 is 11.3 Å². The second-order valence-electron chi connectivity index (χ2n) is 7.20. The van der Waals surface area contributed by atoms with E-state index in [0.29, 0.717) is 12.1 Å². The first-order chi connectivity index (χ1) is 14.6. The summed E-state index contributed by atoms with van der Waals surface area (Å²) in [5.41, 5.74) is 4.13. The Balaban J connectivity index is 1.59. The Hall–Kier alpha value is -3.65. The lowest BCUT2D eigenvalue weighted by Crippen LogP contribution is -2.21. The van der Waals surface area contributed by atoms with Crippen molar-refractivity contribution in [2.45, 2.75) is 0 Å². The SMILES string of the molecule is CN(C)C(=O)c1cccc(Nc2nc3cc(C4=NN=NC4)ccc3c3sccc23)c1. The summed E-state index contributed by atoms with van der Waals surface area (Å²) in [6.45, 7) is 0.491. The maximum atomic E-state index is 12.3. The first-order valence-electron chi connectivity index (χ1n) is 9.43. The number of aromatic nitrogens is 1. The van der Waals surface area contributed by atoms with E-state index in [9.17, 15) is 4.79 Å². The van der Waals surface area contributed by atoms with Crippen molar-refractivity contribution in [2.75, 3.05) is 26.0 Å². The van der Waals surface area contributed by atoms with Crippen LogP contribution in [0, 0.1) is 0 Å². The standard InChI is InChI=1S/C22H18N6OS/c1-28(2)22(29)14-4-3-5-15(10-14)24-21-17-8-9-30-20(17)16-7-6-13(11-18(16)25-21)19-12-23-27-26-19/h3-11H,12H2,1-2H3,(H,24,25).